The van der Waals surface area contributed by atoms with Crippen LogP contribution in [-0.4, -0.2) is 47.1 Å². The molecule has 0 radical (unpaired) electrons. The quantitative estimate of drug-likeness (QED) is 0.560. The number of hydrogen-bond donors (Lipinski definition) is 1. The number of aliphatic hydroxyl groups excluding tert-OH is 1. The molecular weight excluding hydrogens is 384 g/mol. The van der Waals surface area contributed by atoms with Crippen molar-refractivity contribution < 1.29 is 29.0 Å². The van der Waals surface area contributed by atoms with E-state index in [-0.39, 0.29) is 35.1 Å². The zero-order valence-corrected chi connectivity index (χ0v) is 18.1. The maximum Gasteiger partial charge on any atom is 0.302 e. The van der Waals surface area contributed by atoms with E-state index >= 15 is 0 Å². The van der Waals surface area contributed by atoms with Crippen LogP contribution in [0.25, 0.3) is 0 Å². The molecule has 6 heteroatoms. The molecule has 8 atom stereocenters. The number of fused-ring (bicyclic) bond motifs is 7. The van der Waals surface area contributed by atoms with E-state index in [1.807, 2.05) is 6.08 Å². The first-order chi connectivity index (χ1) is 14.1. The largest absolute Gasteiger partial charge is 0.463 e. The Morgan fingerprint density at radius 1 is 1.23 bits per heavy atom. The van der Waals surface area contributed by atoms with Gasteiger partial charge < -0.3 is 14.6 Å². The molecule has 6 nitrogen and oxygen atoms in total. The lowest BCUT2D eigenvalue weighted by molar-refractivity contribution is -0.154. The van der Waals surface area contributed by atoms with Crippen molar-refractivity contribution in [2.75, 3.05) is 6.61 Å². The number of esters is 1. The summed E-state index contributed by atoms with van der Waals surface area (Å²) in [5, 5.41) is 10.4. The summed E-state index contributed by atoms with van der Waals surface area (Å²) in [7, 11) is 0. The van der Waals surface area contributed by atoms with Crippen LogP contribution in [0.3, 0.4) is 0 Å². The van der Waals surface area contributed by atoms with Crippen LogP contribution in [0.1, 0.15) is 65.7 Å². The minimum Gasteiger partial charge on any atom is -0.463 e. The molecule has 164 valence electrons. The van der Waals surface area contributed by atoms with Crippen molar-refractivity contribution in [3.63, 3.8) is 0 Å². The highest BCUT2D eigenvalue weighted by Crippen LogP contribution is 2.73. The standard InChI is InChI=1S/C24H32O6/c1-13(25)29-12-19(27)21(28)24-20(30-24)11-18-16-5-4-14-10-15(26)6-8-22(14,2)17(16)7-9-23(18,24)3/h10,16-20,27H,4-9,11-12H2,1-3H3/t16-,17+,18-,19+,20+,22+,23-,24-/m1/s1. The van der Waals surface area contributed by atoms with Crippen LogP contribution in [0.5, 0.6) is 0 Å². The summed E-state index contributed by atoms with van der Waals surface area (Å²) in [5.41, 5.74) is 0.208. The Kier molecular flexibility index (Phi) is 4.41. The highest BCUT2D eigenvalue weighted by molar-refractivity contribution is 5.96. The fourth-order valence-electron chi connectivity index (χ4n) is 7.93. The van der Waals surface area contributed by atoms with E-state index in [4.69, 9.17) is 9.47 Å². The van der Waals surface area contributed by atoms with Gasteiger partial charge in [0.2, 0.25) is 0 Å². The molecule has 4 fully saturated rings. The van der Waals surface area contributed by atoms with Gasteiger partial charge in [-0.05, 0) is 67.8 Å². The van der Waals surface area contributed by atoms with Crippen LogP contribution in [0, 0.1) is 28.6 Å². The molecule has 0 spiro atoms. The molecule has 0 aromatic rings. The number of epoxide rings is 1. The van der Waals surface area contributed by atoms with Crippen molar-refractivity contribution in [1.82, 2.24) is 0 Å². The lowest BCUT2D eigenvalue weighted by atomic mass is 9.46. The SMILES string of the molecule is CC(=O)OC[C@H](O)C(=O)[C@]12O[C@H]1C[C@@H]1[C@@H]3CCC4=CC(=O)CC[C@]4(C)[C@H]3CC[C@]12C. The highest BCUT2D eigenvalue weighted by atomic mass is 16.6. The smallest absolute Gasteiger partial charge is 0.302 e. The maximum absolute atomic E-state index is 13.3. The second-order valence-corrected chi connectivity index (χ2v) is 10.7. The molecule has 0 aromatic heterocycles. The molecule has 1 heterocycles. The first kappa shape index (κ1) is 20.4. The molecule has 0 aromatic carbocycles. The number of carbonyl (C=O) groups excluding carboxylic acids is 3. The molecule has 4 aliphatic carbocycles. The van der Waals surface area contributed by atoms with Crippen LogP contribution in [0.15, 0.2) is 11.6 Å². The van der Waals surface area contributed by atoms with Gasteiger partial charge in [-0.25, -0.2) is 0 Å². The number of carbonyl (C=O) groups is 3. The van der Waals surface area contributed by atoms with Crippen LogP contribution in [0.4, 0.5) is 0 Å². The van der Waals surface area contributed by atoms with Crippen molar-refractivity contribution in [3.8, 4) is 0 Å². The van der Waals surface area contributed by atoms with E-state index in [9.17, 15) is 19.5 Å². The Balaban J connectivity index is 1.40. The number of rotatable bonds is 4. The van der Waals surface area contributed by atoms with E-state index in [0.717, 1.165) is 38.5 Å². The van der Waals surface area contributed by atoms with Crippen molar-refractivity contribution >= 4 is 17.5 Å². The average molecular weight is 417 g/mol. The zero-order chi connectivity index (χ0) is 21.5. The molecule has 0 bridgehead atoms. The van der Waals surface area contributed by atoms with Gasteiger partial charge in [0.15, 0.2) is 17.2 Å². The maximum atomic E-state index is 13.3. The predicted octanol–water partition coefficient (Wildman–Crippen LogP) is 2.76. The Labute approximate surface area is 177 Å². The topological polar surface area (TPSA) is 93.2 Å². The Morgan fingerprint density at radius 3 is 2.73 bits per heavy atom. The fourth-order valence-corrected chi connectivity index (χ4v) is 7.93. The molecule has 1 saturated heterocycles. The lowest BCUT2D eigenvalue weighted by Crippen LogP contribution is -2.56. The predicted molar refractivity (Wildman–Crippen MR) is 107 cm³/mol. The van der Waals surface area contributed by atoms with Gasteiger partial charge >= 0.3 is 5.97 Å². The average Bonchev–Trinajstić information content (AvgIpc) is 3.38. The number of Topliss-reactive ketones (excluding diaryl/α,β-unsaturated/α-hetero) is 1. The molecule has 30 heavy (non-hydrogen) atoms. The number of hydrogen-bond acceptors (Lipinski definition) is 6. The van der Waals surface area contributed by atoms with Gasteiger partial charge in [-0.3, -0.25) is 14.4 Å². The Hall–Kier alpha value is -1.53. The number of aliphatic hydroxyl groups is 1. The van der Waals surface area contributed by atoms with Crippen molar-refractivity contribution in [2.24, 2.45) is 28.6 Å². The van der Waals surface area contributed by atoms with Gasteiger partial charge in [0.25, 0.3) is 0 Å². The Morgan fingerprint density at radius 2 is 2.00 bits per heavy atom. The van der Waals surface area contributed by atoms with Crippen LogP contribution < -0.4 is 0 Å². The van der Waals surface area contributed by atoms with E-state index in [2.05, 4.69) is 13.8 Å². The molecule has 3 saturated carbocycles. The molecule has 0 unspecified atom stereocenters. The van der Waals surface area contributed by atoms with Crippen LogP contribution >= 0.6 is 0 Å². The number of allylic oxidation sites excluding steroid dienone is 1. The van der Waals surface area contributed by atoms with Gasteiger partial charge in [-0.1, -0.05) is 19.4 Å². The summed E-state index contributed by atoms with van der Waals surface area (Å²) in [4.78, 5) is 36.3. The molecule has 5 rings (SSSR count). The fraction of sp³-hybridized carbons (Fsp3) is 0.792. The van der Waals surface area contributed by atoms with Crippen LogP contribution in [0.2, 0.25) is 0 Å². The minimum atomic E-state index is -1.34. The third-order valence-electron chi connectivity index (χ3n) is 9.51. The second kappa shape index (κ2) is 6.49. The summed E-state index contributed by atoms with van der Waals surface area (Å²) in [6.07, 6.45) is 6.82. The first-order valence-electron chi connectivity index (χ1n) is 11.4. The number of ether oxygens (including phenoxy) is 2. The van der Waals surface area contributed by atoms with Crippen molar-refractivity contribution in [1.29, 1.82) is 0 Å². The van der Waals surface area contributed by atoms with Gasteiger partial charge in [-0.2, -0.15) is 0 Å². The summed E-state index contributed by atoms with van der Waals surface area (Å²) < 4.78 is 10.9. The molecule has 5 aliphatic rings. The molecule has 1 N–H and O–H groups in total. The summed E-state index contributed by atoms with van der Waals surface area (Å²) in [5.74, 6) is 0.890. The number of ketones is 2. The summed E-state index contributed by atoms with van der Waals surface area (Å²) in [6, 6.07) is 0. The van der Waals surface area contributed by atoms with Crippen molar-refractivity contribution in [2.45, 2.75) is 83.5 Å². The molecule has 0 amide bonds. The van der Waals surface area contributed by atoms with Crippen molar-refractivity contribution in [3.05, 3.63) is 11.6 Å². The third-order valence-corrected chi connectivity index (χ3v) is 9.51. The van der Waals surface area contributed by atoms with Gasteiger partial charge in [0, 0.05) is 18.8 Å². The Bertz CT molecular complexity index is 847. The zero-order valence-electron chi connectivity index (χ0n) is 18.1. The summed E-state index contributed by atoms with van der Waals surface area (Å²) >= 11 is 0. The minimum absolute atomic E-state index is 0.0950. The molecular formula is C24H32O6. The summed E-state index contributed by atoms with van der Waals surface area (Å²) in [6.45, 7) is 5.49. The van der Waals surface area contributed by atoms with Gasteiger partial charge in [0.05, 0.1) is 6.10 Å². The third kappa shape index (κ3) is 2.52. The normalized spacial score (nSPS) is 47.2. The van der Waals surface area contributed by atoms with Gasteiger partial charge in [-0.15, -0.1) is 0 Å². The van der Waals surface area contributed by atoms with E-state index in [1.54, 1.807) is 0 Å². The highest BCUT2D eigenvalue weighted by Gasteiger charge is 2.80. The molecule has 1 aliphatic heterocycles. The van der Waals surface area contributed by atoms with E-state index in [0.29, 0.717) is 24.2 Å². The van der Waals surface area contributed by atoms with Crippen LogP contribution in [-0.2, 0) is 23.9 Å². The van der Waals surface area contributed by atoms with Gasteiger partial charge in [0.1, 0.15) is 12.7 Å². The van der Waals surface area contributed by atoms with E-state index < -0.39 is 17.7 Å². The first-order valence-corrected chi connectivity index (χ1v) is 11.4. The van der Waals surface area contributed by atoms with E-state index in [1.165, 1.54) is 12.5 Å². The second-order valence-electron chi connectivity index (χ2n) is 10.7. The monoisotopic (exact) mass is 416 g/mol. The lowest BCUT2D eigenvalue weighted by Gasteiger charge is -2.58.